The van der Waals surface area contributed by atoms with Crippen LogP contribution in [0.2, 0.25) is 0 Å². The Morgan fingerprint density at radius 2 is 1.85 bits per heavy atom. The predicted octanol–water partition coefficient (Wildman–Crippen LogP) is 2.88. The first-order valence-corrected chi connectivity index (χ1v) is 8.52. The SMILES string of the molecule is COc1ccc(NC(N)=NCc2cnn(Cc3ccccc3)c2)cc1OC. The van der Waals surface area contributed by atoms with Crippen LogP contribution in [0.3, 0.4) is 0 Å². The van der Waals surface area contributed by atoms with Crippen molar-refractivity contribution in [2.75, 3.05) is 19.5 Å². The van der Waals surface area contributed by atoms with E-state index in [2.05, 4.69) is 27.5 Å². The fourth-order valence-corrected chi connectivity index (χ4v) is 2.62. The van der Waals surface area contributed by atoms with E-state index in [0.717, 1.165) is 17.8 Å². The molecule has 2 aromatic carbocycles. The van der Waals surface area contributed by atoms with Gasteiger partial charge in [-0.15, -0.1) is 0 Å². The average molecular weight is 365 g/mol. The third-order valence-electron chi connectivity index (χ3n) is 3.96. The summed E-state index contributed by atoms with van der Waals surface area (Å²) >= 11 is 0. The topological polar surface area (TPSA) is 86.7 Å². The van der Waals surface area contributed by atoms with Crippen molar-refractivity contribution < 1.29 is 9.47 Å². The molecule has 0 spiro atoms. The summed E-state index contributed by atoms with van der Waals surface area (Å²) in [5, 5.41) is 7.42. The van der Waals surface area contributed by atoms with Crippen LogP contribution in [0.5, 0.6) is 11.5 Å². The second-order valence-corrected chi connectivity index (χ2v) is 5.93. The number of hydrogen-bond acceptors (Lipinski definition) is 4. The number of aromatic nitrogens is 2. The highest BCUT2D eigenvalue weighted by atomic mass is 16.5. The van der Waals surface area contributed by atoms with E-state index in [1.807, 2.05) is 41.2 Å². The van der Waals surface area contributed by atoms with Gasteiger partial charge in [0.25, 0.3) is 0 Å². The number of nitrogens with one attached hydrogen (secondary N) is 1. The Balaban J connectivity index is 1.59. The van der Waals surface area contributed by atoms with Crippen LogP contribution in [-0.2, 0) is 13.1 Å². The maximum absolute atomic E-state index is 5.99. The molecule has 0 amide bonds. The Morgan fingerprint density at radius 3 is 2.59 bits per heavy atom. The van der Waals surface area contributed by atoms with Gasteiger partial charge in [-0.25, -0.2) is 4.99 Å². The van der Waals surface area contributed by atoms with Gasteiger partial charge in [-0.3, -0.25) is 4.68 Å². The highest BCUT2D eigenvalue weighted by Crippen LogP contribution is 2.29. The molecule has 3 rings (SSSR count). The third-order valence-corrected chi connectivity index (χ3v) is 3.96. The van der Waals surface area contributed by atoms with Gasteiger partial charge in [0.2, 0.25) is 0 Å². The highest BCUT2D eigenvalue weighted by molar-refractivity contribution is 5.92. The molecular weight excluding hydrogens is 342 g/mol. The Morgan fingerprint density at radius 1 is 1.07 bits per heavy atom. The van der Waals surface area contributed by atoms with Crippen LogP contribution in [0.15, 0.2) is 65.9 Å². The van der Waals surface area contributed by atoms with Crippen LogP contribution >= 0.6 is 0 Å². The van der Waals surface area contributed by atoms with Gasteiger partial charge in [0, 0.05) is 23.5 Å². The zero-order valence-electron chi connectivity index (χ0n) is 15.4. The van der Waals surface area contributed by atoms with E-state index in [4.69, 9.17) is 15.2 Å². The molecule has 0 unspecified atom stereocenters. The first-order chi connectivity index (χ1) is 13.2. The van der Waals surface area contributed by atoms with Crippen molar-refractivity contribution >= 4 is 11.6 Å². The number of aliphatic imine (C=N–C) groups is 1. The zero-order chi connectivity index (χ0) is 19.1. The molecular formula is C20H23N5O2. The van der Waals surface area contributed by atoms with Gasteiger partial charge < -0.3 is 20.5 Å². The third kappa shape index (κ3) is 5.01. The first kappa shape index (κ1) is 18.3. The van der Waals surface area contributed by atoms with Crippen molar-refractivity contribution in [1.29, 1.82) is 0 Å². The summed E-state index contributed by atoms with van der Waals surface area (Å²) in [4.78, 5) is 4.37. The highest BCUT2D eigenvalue weighted by Gasteiger charge is 2.05. The molecule has 7 heteroatoms. The molecule has 0 aliphatic rings. The molecule has 27 heavy (non-hydrogen) atoms. The number of rotatable bonds is 7. The van der Waals surface area contributed by atoms with Crippen LogP contribution in [0, 0.1) is 0 Å². The number of methoxy groups -OCH3 is 2. The molecule has 1 heterocycles. The van der Waals surface area contributed by atoms with E-state index in [-0.39, 0.29) is 0 Å². The summed E-state index contributed by atoms with van der Waals surface area (Å²) in [7, 11) is 3.19. The number of hydrogen-bond donors (Lipinski definition) is 2. The minimum Gasteiger partial charge on any atom is -0.493 e. The van der Waals surface area contributed by atoms with Gasteiger partial charge in [-0.1, -0.05) is 30.3 Å². The van der Waals surface area contributed by atoms with Crippen LogP contribution in [-0.4, -0.2) is 30.0 Å². The zero-order valence-corrected chi connectivity index (χ0v) is 15.4. The van der Waals surface area contributed by atoms with E-state index >= 15 is 0 Å². The van der Waals surface area contributed by atoms with Crippen LogP contribution < -0.4 is 20.5 Å². The van der Waals surface area contributed by atoms with Crippen molar-refractivity contribution in [1.82, 2.24) is 9.78 Å². The van der Waals surface area contributed by atoms with Gasteiger partial charge in [-0.2, -0.15) is 5.10 Å². The second-order valence-electron chi connectivity index (χ2n) is 5.93. The quantitative estimate of drug-likeness (QED) is 0.497. The summed E-state index contributed by atoms with van der Waals surface area (Å²) in [6.07, 6.45) is 3.77. The Kier molecular flexibility index (Phi) is 5.94. The molecule has 3 aromatic rings. The fraction of sp³-hybridized carbons (Fsp3) is 0.200. The molecule has 140 valence electrons. The number of nitrogens with zero attached hydrogens (tertiary/aromatic N) is 3. The van der Waals surface area contributed by atoms with Crippen LogP contribution in [0.4, 0.5) is 5.69 Å². The molecule has 0 radical (unpaired) electrons. The molecule has 0 fully saturated rings. The van der Waals surface area contributed by atoms with Crippen molar-refractivity contribution in [3.63, 3.8) is 0 Å². The van der Waals surface area contributed by atoms with Gasteiger partial charge in [0.1, 0.15) is 0 Å². The monoisotopic (exact) mass is 365 g/mol. The van der Waals surface area contributed by atoms with Crippen molar-refractivity contribution in [2.24, 2.45) is 10.7 Å². The van der Waals surface area contributed by atoms with Crippen molar-refractivity contribution in [3.8, 4) is 11.5 Å². The summed E-state index contributed by atoms with van der Waals surface area (Å²) in [6, 6.07) is 15.6. The van der Waals surface area contributed by atoms with E-state index < -0.39 is 0 Å². The number of guanidine groups is 1. The molecule has 0 bridgehead atoms. The summed E-state index contributed by atoms with van der Waals surface area (Å²) in [6.45, 7) is 1.17. The summed E-state index contributed by atoms with van der Waals surface area (Å²) < 4.78 is 12.4. The van der Waals surface area contributed by atoms with E-state index in [9.17, 15) is 0 Å². The lowest BCUT2D eigenvalue weighted by Gasteiger charge is -2.10. The number of ether oxygens (including phenoxy) is 2. The lowest BCUT2D eigenvalue weighted by molar-refractivity contribution is 0.355. The van der Waals surface area contributed by atoms with E-state index in [0.29, 0.717) is 24.0 Å². The normalized spacial score (nSPS) is 11.3. The summed E-state index contributed by atoms with van der Waals surface area (Å²) in [5.74, 6) is 1.60. The number of nitrogens with two attached hydrogens (primary N) is 1. The van der Waals surface area contributed by atoms with E-state index in [1.54, 1.807) is 26.5 Å². The molecule has 3 N–H and O–H groups in total. The van der Waals surface area contributed by atoms with Crippen molar-refractivity contribution in [2.45, 2.75) is 13.1 Å². The van der Waals surface area contributed by atoms with E-state index in [1.165, 1.54) is 5.56 Å². The molecule has 7 nitrogen and oxygen atoms in total. The predicted molar refractivity (Wildman–Crippen MR) is 106 cm³/mol. The van der Waals surface area contributed by atoms with Crippen LogP contribution in [0.25, 0.3) is 0 Å². The fourth-order valence-electron chi connectivity index (χ4n) is 2.62. The maximum Gasteiger partial charge on any atom is 0.193 e. The summed E-state index contributed by atoms with van der Waals surface area (Å²) in [5.41, 5.74) is 8.95. The maximum atomic E-state index is 5.99. The largest absolute Gasteiger partial charge is 0.493 e. The van der Waals surface area contributed by atoms with Gasteiger partial charge in [0.05, 0.1) is 33.5 Å². The minimum absolute atomic E-state index is 0.318. The van der Waals surface area contributed by atoms with Crippen LogP contribution in [0.1, 0.15) is 11.1 Å². The molecule has 0 atom stereocenters. The van der Waals surface area contributed by atoms with Gasteiger partial charge in [-0.05, 0) is 17.7 Å². The lowest BCUT2D eigenvalue weighted by Crippen LogP contribution is -2.22. The van der Waals surface area contributed by atoms with Crippen molar-refractivity contribution in [3.05, 3.63) is 72.1 Å². The molecule has 0 saturated heterocycles. The molecule has 0 aliphatic heterocycles. The minimum atomic E-state index is 0.318. The Bertz CT molecular complexity index is 906. The Labute approximate surface area is 158 Å². The average Bonchev–Trinajstić information content (AvgIpc) is 3.14. The Hall–Kier alpha value is -3.48. The molecule has 0 saturated carbocycles. The molecule has 0 aliphatic carbocycles. The lowest BCUT2D eigenvalue weighted by atomic mass is 10.2. The standard InChI is InChI=1S/C20H23N5O2/c1-26-18-9-8-17(10-19(18)27-2)24-20(21)22-11-16-12-23-25(14-16)13-15-6-4-3-5-7-15/h3-10,12,14H,11,13H2,1-2H3,(H3,21,22,24). The number of anilines is 1. The second kappa shape index (κ2) is 8.75. The first-order valence-electron chi connectivity index (χ1n) is 8.52. The molecule has 1 aromatic heterocycles. The smallest absolute Gasteiger partial charge is 0.193 e. The number of benzene rings is 2. The van der Waals surface area contributed by atoms with Gasteiger partial charge in [0.15, 0.2) is 17.5 Å². The van der Waals surface area contributed by atoms with Gasteiger partial charge >= 0.3 is 0 Å².